The van der Waals surface area contributed by atoms with Gasteiger partial charge in [-0.2, -0.15) is 0 Å². The Kier molecular flexibility index (Phi) is 4.28. The molecule has 2 aliphatic rings. The summed E-state index contributed by atoms with van der Waals surface area (Å²) in [5.41, 5.74) is 0.734. The number of ether oxygens (including phenoxy) is 3. The fourth-order valence-corrected chi connectivity index (χ4v) is 3.64. The number of esters is 1. The van der Waals surface area contributed by atoms with E-state index in [1.807, 2.05) is 24.3 Å². The van der Waals surface area contributed by atoms with Crippen LogP contribution < -0.4 is 14.8 Å². The zero-order chi connectivity index (χ0) is 18.1. The molecular formula is C20H20FNO4. The maximum Gasteiger partial charge on any atom is 0.339 e. The lowest BCUT2D eigenvalue weighted by Gasteiger charge is -2.33. The van der Waals surface area contributed by atoms with E-state index in [0.29, 0.717) is 37.2 Å². The molecule has 2 heterocycles. The molecule has 0 radical (unpaired) electrons. The molecular weight excluding hydrogens is 337 g/mol. The SMILES string of the molecule is COc1ccc(COc2cc(F)c3c(c2)C(=O)OC32CCNCC2)cc1. The second-order valence-electron chi connectivity index (χ2n) is 6.60. The summed E-state index contributed by atoms with van der Waals surface area (Å²) in [4.78, 5) is 12.3. The van der Waals surface area contributed by atoms with Crippen LogP contribution in [0.4, 0.5) is 4.39 Å². The van der Waals surface area contributed by atoms with E-state index >= 15 is 0 Å². The van der Waals surface area contributed by atoms with Crippen molar-refractivity contribution in [3.8, 4) is 11.5 Å². The Bertz CT molecular complexity index is 828. The fraction of sp³-hybridized carbons (Fsp3) is 0.350. The molecule has 1 fully saturated rings. The molecule has 4 rings (SSSR count). The molecule has 2 aromatic rings. The summed E-state index contributed by atoms with van der Waals surface area (Å²) in [6.45, 7) is 1.66. The van der Waals surface area contributed by atoms with Crippen molar-refractivity contribution in [2.24, 2.45) is 0 Å². The second-order valence-corrected chi connectivity index (χ2v) is 6.60. The molecule has 0 aromatic heterocycles. The van der Waals surface area contributed by atoms with Gasteiger partial charge in [-0.3, -0.25) is 0 Å². The van der Waals surface area contributed by atoms with Gasteiger partial charge >= 0.3 is 5.97 Å². The first-order valence-electron chi connectivity index (χ1n) is 8.65. The highest BCUT2D eigenvalue weighted by Crippen LogP contribution is 2.45. The Labute approximate surface area is 151 Å². The zero-order valence-electron chi connectivity index (χ0n) is 14.5. The van der Waals surface area contributed by atoms with Gasteiger partial charge in [0, 0.05) is 24.5 Å². The Hall–Kier alpha value is -2.60. The summed E-state index contributed by atoms with van der Waals surface area (Å²) in [6.07, 6.45) is 1.16. The van der Waals surface area contributed by atoms with Gasteiger partial charge in [0.2, 0.25) is 0 Å². The number of carbonyl (C=O) groups is 1. The Morgan fingerprint density at radius 3 is 2.58 bits per heavy atom. The van der Waals surface area contributed by atoms with E-state index in [9.17, 15) is 9.18 Å². The number of carbonyl (C=O) groups excluding carboxylic acids is 1. The molecule has 0 atom stereocenters. The monoisotopic (exact) mass is 357 g/mol. The number of benzene rings is 2. The summed E-state index contributed by atoms with van der Waals surface area (Å²) in [5, 5.41) is 3.21. The van der Waals surface area contributed by atoms with Crippen LogP contribution in [-0.2, 0) is 16.9 Å². The summed E-state index contributed by atoms with van der Waals surface area (Å²) in [6, 6.07) is 10.3. The first kappa shape index (κ1) is 16.8. The van der Waals surface area contributed by atoms with E-state index in [1.54, 1.807) is 13.2 Å². The Morgan fingerprint density at radius 1 is 1.15 bits per heavy atom. The van der Waals surface area contributed by atoms with Gasteiger partial charge in [0.25, 0.3) is 0 Å². The summed E-state index contributed by atoms with van der Waals surface area (Å²) in [5.74, 6) is 0.156. The normalized spacial score (nSPS) is 17.7. The van der Waals surface area contributed by atoms with Crippen molar-refractivity contribution < 1.29 is 23.4 Å². The van der Waals surface area contributed by atoms with E-state index in [4.69, 9.17) is 14.2 Å². The number of halogens is 1. The lowest BCUT2D eigenvalue weighted by Crippen LogP contribution is -2.40. The van der Waals surface area contributed by atoms with Crippen molar-refractivity contribution in [2.75, 3.05) is 20.2 Å². The summed E-state index contributed by atoms with van der Waals surface area (Å²) < 4.78 is 31.2. The number of rotatable bonds is 4. The smallest absolute Gasteiger partial charge is 0.339 e. The molecule has 136 valence electrons. The molecule has 26 heavy (non-hydrogen) atoms. The Morgan fingerprint density at radius 2 is 1.88 bits per heavy atom. The van der Waals surface area contributed by atoms with Crippen LogP contribution >= 0.6 is 0 Å². The van der Waals surface area contributed by atoms with Gasteiger partial charge in [0.05, 0.1) is 12.7 Å². The topological polar surface area (TPSA) is 56.8 Å². The molecule has 0 amide bonds. The third kappa shape index (κ3) is 2.90. The van der Waals surface area contributed by atoms with Gasteiger partial charge in [-0.05, 0) is 36.9 Å². The maximum absolute atomic E-state index is 14.8. The third-order valence-corrected chi connectivity index (χ3v) is 5.00. The predicted molar refractivity (Wildman–Crippen MR) is 92.9 cm³/mol. The van der Waals surface area contributed by atoms with E-state index in [-0.39, 0.29) is 12.2 Å². The van der Waals surface area contributed by atoms with Crippen LogP contribution in [0.25, 0.3) is 0 Å². The van der Waals surface area contributed by atoms with Crippen LogP contribution in [-0.4, -0.2) is 26.2 Å². The van der Waals surface area contributed by atoms with Crippen molar-refractivity contribution in [1.29, 1.82) is 0 Å². The minimum Gasteiger partial charge on any atom is -0.497 e. The molecule has 6 heteroatoms. The number of nitrogens with one attached hydrogen (secondary N) is 1. The third-order valence-electron chi connectivity index (χ3n) is 5.00. The first-order valence-corrected chi connectivity index (χ1v) is 8.65. The number of fused-ring (bicyclic) bond motifs is 2. The molecule has 0 aliphatic carbocycles. The lowest BCUT2D eigenvalue weighted by molar-refractivity contribution is -0.0255. The maximum atomic E-state index is 14.8. The van der Waals surface area contributed by atoms with Gasteiger partial charge in [0.15, 0.2) is 0 Å². The summed E-state index contributed by atoms with van der Waals surface area (Å²) in [7, 11) is 1.60. The van der Waals surface area contributed by atoms with E-state index < -0.39 is 17.4 Å². The molecule has 2 aromatic carbocycles. The fourth-order valence-electron chi connectivity index (χ4n) is 3.64. The van der Waals surface area contributed by atoms with Crippen molar-refractivity contribution in [1.82, 2.24) is 5.32 Å². The standard InChI is InChI=1S/C20H20FNO4/c1-24-14-4-2-13(3-5-14)12-25-15-10-16-18(17(21)11-15)20(26-19(16)23)6-8-22-9-7-20/h2-5,10-11,22H,6-9,12H2,1H3. The van der Waals surface area contributed by atoms with Crippen LogP contribution in [0.2, 0.25) is 0 Å². The van der Waals surface area contributed by atoms with Crippen LogP contribution in [0.3, 0.4) is 0 Å². The predicted octanol–water partition coefficient (Wildman–Crippen LogP) is 3.16. The number of methoxy groups -OCH3 is 1. The average Bonchev–Trinajstić information content (AvgIpc) is 2.92. The molecule has 1 spiro atoms. The van der Waals surface area contributed by atoms with Gasteiger partial charge in [-0.15, -0.1) is 0 Å². The van der Waals surface area contributed by atoms with Crippen molar-refractivity contribution in [3.63, 3.8) is 0 Å². The summed E-state index contributed by atoms with van der Waals surface area (Å²) >= 11 is 0. The molecule has 1 saturated heterocycles. The van der Waals surface area contributed by atoms with E-state index in [0.717, 1.165) is 11.3 Å². The van der Waals surface area contributed by atoms with Crippen molar-refractivity contribution in [3.05, 3.63) is 58.9 Å². The molecule has 1 N–H and O–H groups in total. The van der Waals surface area contributed by atoms with Crippen LogP contribution in [0.1, 0.15) is 34.3 Å². The van der Waals surface area contributed by atoms with Crippen molar-refractivity contribution in [2.45, 2.75) is 25.0 Å². The minimum absolute atomic E-state index is 0.270. The number of hydrogen-bond acceptors (Lipinski definition) is 5. The van der Waals surface area contributed by atoms with Gasteiger partial charge in [0.1, 0.15) is 29.5 Å². The first-order chi connectivity index (χ1) is 12.6. The van der Waals surface area contributed by atoms with E-state index in [2.05, 4.69) is 5.32 Å². The molecule has 2 aliphatic heterocycles. The zero-order valence-corrected chi connectivity index (χ0v) is 14.5. The molecule has 0 bridgehead atoms. The average molecular weight is 357 g/mol. The van der Waals surface area contributed by atoms with Gasteiger partial charge < -0.3 is 19.5 Å². The van der Waals surface area contributed by atoms with Crippen LogP contribution in [0.15, 0.2) is 36.4 Å². The van der Waals surface area contributed by atoms with Gasteiger partial charge in [-0.25, -0.2) is 9.18 Å². The largest absolute Gasteiger partial charge is 0.497 e. The number of hydrogen-bond donors (Lipinski definition) is 1. The quantitative estimate of drug-likeness (QED) is 0.852. The van der Waals surface area contributed by atoms with E-state index in [1.165, 1.54) is 6.07 Å². The Balaban J connectivity index is 1.57. The van der Waals surface area contributed by atoms with Crippen LogP contribution in [0.5, 0.6) is 11.5 Å². The second kappa shape index (κ2) is 6.61. The van der Waals surface area contributed by atoms with Crippen molar-refractivity contribution >= 4 is 5.97 Å². The highest BCUT2D eigenvalue weighted by atomic mass is 19.1. The molecule has 0 unspecified atom stereocenters. The highest BCUT2D eigenvalue weighted by molar-refractivity contribution is 5.95. The van der Waals surface area contributed by atoms with Gasteiger partial charge in [-0.1, -0.05) is 12.1 Å². The van der Waals surface area contributed by atoms with Crippen LogP contribution in [0, 0.1) is 5.82 Å². The minimum atomic E-state index is -0.837. The highest BCUT2D eigenvalue weighted by Gasteiger charge is 2.48. The molecule has 0 saturated carbocycles. The molecule has 5 nitrogen and oxygen atoms in total. The lowest BCUT2D eigenvalue weighted by atomic mass is 9.84. The number of piperidine rings is 1.